The van der Waals surface area contributed by atoms with Crippen LogP contribution in [-0.4, -0.2) is 82.7 Å². The average Bonchev–Trinajstić information content (AvgIpc) is 2.99. The minimum absolute atomic E-state index is 0.202. The molecule has 0 radical (unpaired) electrons. The highest BCUT2D eigenvalue weighted by atomic mass is 16.5. The molecule has 1 aromatic carbocycles. The summed E-state index contributed by atoms with van der Waals surface area (Å²) in [5.41, 5.74) is 0.806. The van der Waals surface area contributed by atoms with E-state index in [1.54, 1.807) is 11.0 Å². The summed E-state index contributed by atoms with van der Waals surface area (Å²) < 4.78 is 5.15. The van der Waals surface area contributed by atoms with Crippen molar-refractivity contribution in [3.05, 3.63) is 54.1 Å². The van der Waals surface area contributed by atoms with Gasteiger partial charge in [0.1, 0.15) is 24.4 Å². The Hall–Kier alpha value is -2.52. The van der Waals surface area contributed by atoms with Crippen molar-refractivity contribution in [3.63, 3.8) is 0 Å². The van der Waals surface area contributed by atoms with Gasteiger partial charge in [0.25, 0.3) is 5.91 Å². The monoisotopic (exact) mass is 488 g/mol. The zero-order valence-electron chi connectivity index (χ0n) is 21.1. The molecule has 4 N–H and O–H groups in total. The van der Waals surface area contributed by atoms with Crippen molar-refractivity contribution in [2.75, 3.05) is 20.2 Å². The fraction of sp³-hybridized carbons (Fsp3) is 0.556. The standard InChI is InChI=1S/C27H40N2O6/c1-27(2,3)16-15-21(30)22(31)23(32)24(35-4)25(33)28-20-14-8-9-17-29(26(20)34)18-10-13-19-11-6-5-7-12-19/h5-7,10-13,15-16,20-24,30-32H,8-9,14,17-18H2,1-4H3,(H,28,33)/b13-10+,16-15+/t20-,21-,22+,23-,24-/m1/s1. The maximum Gasteiger partial charge on any atom is 0.252 e. The first-order valence-electron chi connectivity index (χ1n) is 12.1. The van der Waals surface area contributed by atoms with Crippen molar-refractivity contribution in [1.29, 1.82) is 0 Å². The maximum atomic E-state index is 13.1. The van der Waals surface area contributed by atoms with Gasteiger partial charge < -0.3 is 30.3 Å². The van der Waals surface area contributed by atoms with Gasteiger partial charge in [-0.2, -0.15) is 0 Å². The second-order valence-corrected chi connectivity index (χ2v) is 10.0. The summed E-state index contributed by atoms with van der Waals surface area (Å²) in [5.74, 6) is -0.919. The first kappa shape index (κ1) is 28.7. The summed E-state index contributed by atoms with van der Waals surface area (Å²) >= 11 is 0. The summed E-state index contributed by atoms with van der Waals surface area (Å²) in [7, 11) is 1.23. The molecule has 1 saturated heterocycles. The molecule has 8 nitrogen and oxygen atoms in total. The fourth-order valence-electron chi connectivity index (χ4n) is 3.84. The molecule has 2 amide bonds. The number of methoxy groups -OCH3 is 1. The summed E-state index contributed by atoms with van der Waals surface area (Å²) in [6.07, 6.45) is 2.83. The lowest BCUT2D eigenvalue weighted by molar-refractivity contribution is -0.151. The zero-order valence-corrected chi connectivity index (χ0v) is 21.1. The number of nitrogens with zero attached hydrogens (tertiary/aromatic N) is 1. The van der Waals surface area contributed by atoms with Gasteiger partial charge in [-0.05, 0) is 30.2 Å². The lowest BCUT2D eigenvalue weighted by Crippen LogP contribution is -2.55. The lowest BCUT2D eigenvalue weighted by Gasteiger charge is -2.29. The minimum atomic E-state index is -1.69. The molecule has 0 spiro atoms. The first-order valence-corrected chi connectivity index (χ1v) is 12.1. The Labute approximate surface area is 208 Å². The molecule has 1 heterocycles. The van der Waals surface area contributed by atoms with Gasteiger partial charge in [0, 0.05) is 20.2 Å². The normalized spacial score (nSPS) is 21.1. The molecule has 8 heteroatoms. The molecular formula is C27H40N2O6. The number of aliphatic hydroxyl groups is 3. The predicted octanol–water partition coefficient (Wildman–Crippen LogP) is 1.90. The van der Waals surface area contributed by atoms with E-state index >= 15 is 0 Å². The Morgan fingerprint density at radius 3 is 2.49 bits per heavy atom. The van der Waals surface area contributed by atoms with Crippen LogP contribution in [-0.2, 0) is 14.3 Å². The molecular weight excluding hydrogens is 448 g/mol. The molecule has 0 bridgehead atoms. The summed E-state index contributed by atoms with van der Waals surface area (Å²) in [4.78, 5) is 27.7. The molecule has 2 rings (SSSR count). The SMILES string of the molecule is CO[C@@H](C(=O)N[C@@H]1CCCCN(C/C=C/c2ccccc2)C1=O)[C@H](O)[C@@H](O)[C@H](O)/C=C/C(C)(C)C. The predicted molar refractivity (Wildman–Crippen MR) is 135 cm³/mol. The van der Waals surface area contributed by atoms with E-state index in [1.165, 1.54) is 13.2 Å². The first-order chi connectivity index (χ1) is 16.5. The molecule has 1 aliphatic heterocycles. The maximum absolute atomic E-state index is 13.1. The van der Waals surface area contributed by atoms with Gasteiger partial charge in [-0.15, -0.1) is 0 Å². The Kier molecular flexibility index (Phi) is 11.1. The van der Waals surface area contributed by atoms with E-state index in [2.05, 4.69) is 5.32 Å². The van der Waals surface area contributed by atoms with Crippen LogP contribution in [0.4, 0.5) is 0 Å². The lowest BCUT2D eigenvalue weighted by atomic mass is 9.94. The number of rotatable bonds is 10. The number of allylic oxidation sites excluding steroid dienone is 1. The molecule has 194 valence electrons. The van der Waals surface area contributed by atoms with Gasteiger partial charge in [-0.1, -0.05) is 75.4 Å². The molecule has 1 aliphatic rings. The van der Waals surface area contributed by atoms with Crippen molar-refractivity contribution < 1.29 is 29.6 Å². The van der Waals surface area contributed by atoms with Crippen LogP contribution < -0.4 is 5.32 Å². The Balaban J connectivity index is 2.01. The van der Waals surface area contributed by atoms with Crippen LogP contribution in [0, 0.1) is 5.41 Å². The summed E-state index contributed by atoms with van der Waals surface area (Å²) in [6.45, 7) is 6.78. The smallest absolute Gasteiger partial charge is 0.252 e. The highest BCUT2D eigenvalue weighted by Crippen LogP contribution is 2.18. The van der Waals surface area contributed by atoms with Gasteiger partial charge in [0.15, 0.2) is 6.10 Å². The summed E-state index contributed by atoms with van der Waals surface area (Å²) in [5, 5.41) is 33.8. The highest BCUT2D eigenvalue weighted by molar-refractivity contribution is 5.90. The third-order valence-electron chi connectivity index (χ3n) is 5.85. The van der Waals surface area contributed by atoms with Crippen molar-refractivity contribution in [2.45, 2.75) is 70.5 Å². The molecule has 0 aromatic heterocycles. The van der Waals surface area contributed by atoms with Crippen LogP contribution >= 0.6 is 0 Å². The number of likely N-dealkylation sites (tertiary alicyclic amines) is 1. The van der Waals surface area contributed by atoms with E-state index < -0.39 is 36.4 Å². The van der Waals surface area contributed by atoms with E-state index in [0.29, 0.717) is 19.5 Å². The van der Waals surface area contributed by atoms with Gasteiger partial charge in [0.2, 0.25) is 5.91 Å². The average molecular weight is 489 g/mol. The molecule has 0 aliphatic carbocycles. The summed E-state index contributed by atoms with van der Waals surface area (Å²) in [6, 6.07) is 9.02. The number of hydrogen-bond donors (Lipinski definition) is 4. The number of carbonyl (C=O) groups is 2. The van der Waals surface area contributed by atoms with Crippen molar-refractivity contribution in [1.82, 2.24) is 10.2 Å². The van der Waals surface area contributed by atoms with E-state index in [-0.39, 0.29) is 11.3 Å². The largest absolute Gasteiger partial charge is 0.387 e. The van der Waals surface area contributed by atoms with Crippen LogP contribution in [0.25, 0.3) is 6.08 Å². The Morgan fingerprint density at radius 2 is 1.86 bits per heavy atom. The van der Waals surface area contributed by atoms with Gasteiger partial charge >= 0.3 is 0 Å². The quantitative estimate of drug-likeness (QED) is 0.374. The number of amides is 2. The molecule has 1 aromatic rings. The van der Waals surface area contributed by atoms with Crippen LogP contribution in [0.3, 0.4) is 0 Å². The molecule has 0 saturated carbocycles. The van der Waals surface area contributed by atoms with Crippen LogP contribution in [0.2, 0.25) is 0 Å². The van der Waals surface area contributed by atoms with Crippen LogP contribution in [0.1, 0.15) is 45.6 Å². The minimum Gasteiger partial charge on any atom is -0.387 e. The van der Waals surface area contributed by atoms with Crippen LogP contribution in [0.5, 0.6) is 0 Å². The van der Waals surface area contributed by atoms with Gasteiger partial charge in [-0.25, -0.2) is 0 Å². The van der Waals surface area contributed by atoms with Crippen molar-refractivity contribution >= 4 is 17.9 Å². The number of carbonyl (C=O) groups excluding carboxylic acids is 2. The Bertz CT molecular complexity index is 864. The van der Waals surface area contributed by atoms with Crippen LogP contribution in [0.15, 0.2) is 48.6 Å². The van der Waals surface area contributed by atoms with E-state index in [4.69, 9.17) is 4.74 Å². The number of aliphatic hydroxyl groups excluding tert-OH is 3. The fourth-order valence-corrected chi connectivity index (χ4v) is 3.84. The van der Waals surface area contributed by atoms with E-state index in [1.807, 2.05) is 63.3 Å². The number of benzene rings is 1. The molecule has 35 heavy (non-hydrogen) atoms. The molecule has 0 unspecified atom stereocenters. The number of hydrogen-bond acceptors (Lipinski definition) is 6. The van der Waals surface area contributed by atoms with E-state index in [0.717, 1.165) is 18.4 Å². The second kappa shape index (κ2) is 13.5. The van der Waals surface area contributed by atoms with Gasteiger partial charge in [-0.3, -0.25) is 9.59 Å². The zero-order chi connectivity index (χ0) is 26.0. The highest BCUT2D eigenvalue weighted by Gasteiger charge is 2.37. The van der Waals surface area contributed by atoms with Crippen molar-refractivity contribution in [2.24, 2.45) is 5.41 Å². The topological polar surface area (TPSA) is 119 Å². The van der Waals surface area contributed by atoms with Crippen molar-refractivity contribution in [3.8, 4) is 0 Å². The van der Waals surface area contributed by atoms with Gasteiger partial charge in [0.05, 0.1) is 0 Å². The second-order valence-electron chi connectivity index (χ2n) is 10.0. The molecule has 1 fully saturated rings. The Morgan fingerprint density at radius 1 is 1.17 bits per heavy atom. The number of ether oxygens (including phenoxy) is 1. The third kappa shape index (κ3) is 9.22. The molecule has 5 atom stereocenters. The number of nitrogens with one attached hydrogen (secondary N) is 1. The third-order valence-corrected chi connectivity index (χ3v) is 5.85. The van der Waals surface area contributed by atoms with E-state index in [9.17, 15) is 24.9 Å².